The van der Waals surface area contributed by atoms with Crippen molar-refractivity contribution in [3.63, 3.8) is 0 Å². The summed E-state index contributed by atoms with van der Waals surface area (Å²) in [5.41, 5.74) is 6.07. The zero-order valence-corrected chi connectivity index (χ0v) is 10.6. The van der Waals surface area contributed by atoms with Gasteiger partial charge in [-0.15, -0.1) is 12.4 Å². The van der Waals surface area contributed by atoms with Crippen molar-refractivity contribution in [3.05, 3.63) is 33.1 Å². The van der Waals surface area contributed by atoms with E-state index in [2.05, 4.69) is 0 Å². The van der Waals surface area contributed by atoms with Crippen molar-refractivity contribution < 1.29 is 14.3 Å². The Hall–Kier alpha value is -0.400. The van der Waals surface area contributed by atoms with Gasteiger partial charge in [0.2, 0.25) is 0 Å². The van der Waals surface area contributed by atoms with Gasteiger partial charge in [0.15, 0.2) is 0 Å². The van der Waals surface area contributed by atoms with E-state index in [4.69, 9.17) is 10.8 Å². The molecule has 1 aromatic carbocycles. The monoisotopic (exact) mass is 345 g/mol. The molecule has 6 heteroatoms. The Morgan fingerprint density at radius 1 is 1.60 bits per heavy atom. The highest BCUT2D eigenvalue weighted by Gasteiger charge is 2.12. The fourth-order valence-electron chi connectivity index (χ4n) is 1.01. The van der Waals surface area contributed by atoms with E-state index in [0.717, 1.165) is 5.56 Å². The number of hydrogen-bond donors (Lipinski definition) is 2. The van der Waals surface area contributed by atoms with E-state index in [9.17, 15) is 9.18 Å². The minimum atomic E-state index is -1.05. The van der Waals surface area contributed by atoms with Gasteiger partial charge in [-0.25, -0.2) is 4.39 Å². The molecule has 0 heterocycles. The van der Waals surface area contributed by atoms with E-state index in [1.54, 1.807) is 12.1 Å². The van der Waals surface area contributed by atoms with Crippen LogP contribution in [-0.4, -0.2) is 17.1 Å². The molecule has 1 aromatic rings. The van der Waals surface area contributed by atoms with Gasteiger partial charge in [-0.2, -0.15) is 0 Å². The zero-order chi connectivity index (χ0) is 10.7. The minimum Gasteiger partial charge on any atom is -0.480 e. The number of rotatable bonds is 3. The lowest BCUT2D eigenvalue weighted by Gasteiger charge is -2.06. The molecule has 0 fully saturated rings. The second-order valence-electron chi connectivity index (χ2n) is 2.90. The van der Waals surface area contributed by atoms with Crippen LogP contribution in [-0.2, 0) is 11.2 Å². The van der Waals surface area contributed by atoms with Crippen LogP contribution in [0.5, 0.6) is 0 Å². The SMILES string of the molecule is Cl.N[C@H](Cc1ccc(F)c(I)c1)C(=O)O. The summed E-state index contributed by atoms with van der Waals surface area (Å²) in [6, 6.07) is 3.52. The molecule has 1 atom stereocenters. The van der Waals surface area contributed by atoms with Crippen molar-refractivity contribution in [2.75, 3.05) is 0 Å². The van der Waals surface area contributed by atoms with E-state index in [0.29, 0.717) is 3.57 Å². The summed E-state index contributed by atoms with van der Waals surface area (Å²) < 4.78 is 13.3. The topological polar surface area (TPSA) is 63.3 Å². The first kappa shape index (κ1) is 14.6. The van der Waals surface area contributed by atoms with Crippen molar-refractivity contribution >= 4 is 41.0 Å². The standard InChI is InChI=1S/C9H9FINO2.ClH/c10-6-2-1-5(3-7(6)11)4-8(12)9(13)14;/h1-3,8H,4,12H2,(H,13,14);1H/t8-;/m1./s1. The lowest BCUT2D eigenvalue weighted by atomic mass is 10.1. The van der Waals surface area contributed by atoms with E-state index in [-0.39, 0.29) is 24.6 Å². The fourth-order valence-corrected chi connectivity index (χ4v) is 1.59. The van der Waals surface area contributed by atoms with Gasteiger partial charge in [0.1, 0.15) is 11.9 Å². The highest BCUT2D eigenvalue weighted by molar-refractivity contribution is 14.1. The third-order valence-corrected chi connectivity index (χ3v) is 2.58. The zero-order valence-electron chi connectivity index (χ0n) is 7.61. The fraction of sp³-hybridized carbons (Fsp3) is 0.222. The maximum atomic E-state index is 12.8. The number of hydrogen-bond acceptors (Lipinski definition) is 2. The van der Waals surface area contributed by atoms with Gasteiger partial charge in [-0.05, 0) is 46.7 Å². The molecule has 0 aromatic heterocycles. The highest BCUT2D eigenvalue weighted by atomic mass is 127. The van der Waals surface area contributed by atoms with Gasteiger partial charge >= 0.3 is 5.97 Å². The Kier molecular flexibility index (Phi) is 6.07. The molecular formula is C9H10ClFINO2. The average molecular weight is 346 g/mol. The van der Waals surface area contributed by atoms with Gasteiger partial charge in [0, 0.05) is 3.57 Å². The van der Waals surface area contributed by atoms with Gasteiger partial charge in [0.25, 0.3) is 0 Å². The van der Waals surface area contributed by atoms with Crippen molar-refractivity contribution in [2.24, 2.45) is 5.73 Å². The third-order valence-electron chi connectivity index (χ3n) is 1.76. The molecular weight excluding hydrogens is 335 g/mol. The van der Waals surface area contributed by atoms with Gasteiger partial charge in [-0.3, -0.25) is 4.79 Å². The van der Waals surface area contributed by atoms with Crippen LogP contribution >= 0.6 is 35.0 Å². The Morgan fingerprint density at radius 2 is 2.20 bits per heavy atom. The summed E-state index contributed by atoms with van der Waals surface area (Å²) in [6.07, 6.45) is 0.214. The third kappa shape index (κ3) is 4.31. The van der Waals surface area contributed by atoms with Crippen LogP contribution < -0.4 is 5.73 Å². The molecule has 0 spiro atoms. The van der Waals surface area contributed by atoms with Crippen molar-refractivity contribution in [2.45, 2.75) is 12.5 Å². The maximum Gasteiger partial charge on any atom is 0.320 e. The van der Waals surface area contributed by atoms with Crippen LogP contribution in [0.25, 0.3) is 0 Å². The molecule has 1 rings (SSSR count). The van der Waals surface area contributed by atoms with Gasteiger partial charge < -0.3 is 10.8 Å². The summed E-state index contributed by atoms with van der Waals surface area (Å²) in [4.78, 5) is 10.5. The molecule has 15 heavy (non-hydrogen) atoms. The Balaban J connectivity index is 0.00000196. The van der Waals surface area contributed by atoms with Crippen LogP contribution in [0.1, 0.15) is 5.56 Å². The van der Waals surface area contributed by atoms with Crippen molar-refractivity contribution in [1.82, 2.24) is 0 Å². The van der Waals surface area contributed by atoms with E-state index in [1.165, 1.54) is 6.07 Å². The predicted octanol–water partition coefficient (Wildman–Crippen LogP) is 1.81. The number of carboxylic acid groups (broad SMARTS) is 1. The molecule has 3 nitrogen and oxygen atoms in total. The average Bonchev–Trinajstić information content (AvgIpc) is 2.11. The molecule has 0 radical (unpaired) electrons. The summed E-state index contributed by atoms with van der Waals surface area (Å²) in [5.74, 6) is -1.36. The van der Waals surface area contributed by atoms with Crippen LogP contribution in [0.3, 0.4) is 0 Å². The normalized spacial score (nSPS) is 11.7. The van der Waals surface area contributed by atoms with Crippen LogP contribution in [0, 0.1) is 9.39 Å². The molecule has 0 amide bonds. The van der Waals surface area contributed by atoms with Crippen molar-refractivity contribution in [3.8, 4) is 0 Å². The minimum absolute atomic E-state index is 0. The molecule has 0 aliphatic carbocycles. The summed E-state index contributed by atoms with van der Waals surface area (Å²) in [5, 5.41) is 8.57. The Labute approximate surface area is 106 Å². The summed E-state index contributed by atoms with van der Waals surface area (Å²) in [7, 11) is 0. The van der Waals surface area contributed by atoms with Crippen molar-refractivity contribution in [1.29, 1.82) is 0 Å². The number of nitrogens with two attached hydrogens (primary N) is 1. The number of carboxylic acids is 1. The second kappa shape index (κ2) is 6.24. The summed E-state index contributed by atoms with van der Waals surface area (Å²) >= 11 is 1.85. The van der Waals surface area contributed by atoms with E-state index < -0.39 is 12.0 Å². The van der Waals surface area contributed by atoms with Gasteiger partial charge in [0.05, 0.1) is 0 Å². The highest BCUT2D eigenvalue weighted by Crippen LogP contribution is 2.13. The molecule has 0 saturated heterocycles. The predicted molar refractivity (Wildman–Crippen MR) is 65.7 cm³/mol. The van der Waals surface area contributed by atoms with E-state index >= 15 is 0 Å². The van der Waals surface area contributed by atoms with Crippen LogP contribution in [0.15, 0.2) is 18.2 Å². The number of carbonyl (C=O) groups is 1. The Bertz CT molecular complexity index is 362. The van der Waals surface area contributed by atoms with Gasteiger partial charge in [-0.1, -0.05) is 6.07 Å². The largest absolute Gasteiger partial charge is 0.480 e. The molecule has 0 unspecified atom stereocenters. The lowest BCUT2D eigenvalue weighted by Crippen LogP contribution is -2.32. The number of aliphatic carboxylic acids is 1. The first-order valence-corrected chi connectivity index (χ1v) is 5.01. The molecule has 0 aliphatic rings. The molecule has 3 N–H and O–H groups in total. The molecule has 0 saturated carbocycles. The first-order valence-electron chi connectivity index (χ1n) is 3.93. The van der Waals surface area contributed by atoms with E-state index in [1.807, 2.05) is 22.6 Å². The van der Waals surface area contributed by atoms with Crippen LogP contribution in [0.4, 0.5) is 4.39 Å². The number of halogens is 3. The van der Waals surface area contributed by atoms with Crippen LogP contribution in [0.2, 0.25) is 0 Å². The quantitative estimate of drug-likeness (QED) is 0.821. The number of benzene rings is 1. The smallest absolute Gasteiger partial charge is 0.320 e. The second-order valence-corrected chi connectivity index (χ2v) is 4.06. The lowest BCUT2D eigenvalue weighted by molar-refractivity contribution is -0.138. The Morgan fingerprint density at radius 3 is 2.67 bits per heavy atom. The first-order chi connectivity index (χ1) is 6.50. The molecule has 0 bridgehead atoms. The summed E-state index contributed by atoms with van der Waals surface area (Å²) in [6.45, 7) is 0. The maximum absolute atomic E-state index is 12.8. The molecule has 84 valence electrons. The molecule has 0 aliphatic heterocycles.